The van der Waals surface area contributed by atoms with Gasteiger partial charge in [-0.1, -0.05) is 32.0 Å². The van der Waals surface area contributed by atoms with Crippen molar-refractivity contribution in [3.63, 3.8) is 0 Å². The van der Waals surface area contributed by atoms with Gasteiger partial charge in [-0.15, -0.1) is 10.2 Å². The van der Waals surface area contributed by atoms with E-state index in [1.54, 1.807) is 18.2 Å². The molecule has 0 amide bonds. The summed E-state index contributed by atoms with van der Waals surface area (Å²) in [6, 6.07) is 6.64. The molecule has 0 bridgehead atoms. The number of hydrogen-bond acceptors (Lipinski definition) is 3. The molecule has 102 valence electrons. The molecule has 0 spiro atoms. The molecule has 0 saturated heterocycles. The molecule has 2 aromatic rings. The van der Waals surface area contributed by atoms with E-state index in [1.807, 2.05) is 4.57 Å². The zero-order valence-electron chi connectivity index (χ0n) is 11.2. The molecule has 0 fully saturated rings. The van der Waals surface area contributed by atoms with Crippen LogP contribution in [0.2, 0.25) is 0 Å². The SMILES string of the molecule is CC(C)Cn1c(CO)nnc1Cc1ccccc1F. The molecule has 5 heteroatoms. The number of nitrogens with zero attached hydrogens (tertiary/aromatic N) is 3. The van der Waals surface area contributed by atoms with Gasteiger partial charge in [0.05, 0.1) is 0 Å². The van der Waals surface area contributed by atoms with Crippen molar-refractivity contribution in [3.8, 4) is 0 Å². The van der Waals surface area contributed by atoms with Gasteiger partial charge in [-0.3, -0.25) is 0 Å². The first kappa shape index (κ1) is 13.7. The summed E-state index contributed by atoms with van der Waals surface area (Å²) in [5.41, 5.74) is 0.587. The monoisotopic (exact) mass is 263 g/mol. The summed E-state index contributed by atoms with van der Waals surface area (Å²) in [6.45, 7) is 4.71. The van der Waals surface area contributed by atoms with Gasteiger partial charge >= 0.3 is 0 Å². The second kappa shape index (κ2) is 5.93. The normalized spacial score (nSPS) is 11.2. The number of aliphatic hydroxyl groups excluding tert-OH is 1. The van der Waals surface area contributed by atoms with E-state index < -0.39 is 0 Å². The van der Waals surface area contributed by atoms with Gasteiger partial charge in [0.1, 0.15) is 18.2 Å². The topological polar surface area (TPSA) is 50.9 Å². The Morgan fingerprint density at radius 1 is 1.21 bits per heavy atom. The third kappa shape index (κ3) is 3.17. The van der Waals surface area contributed by atoms with Crippen molar-refractivity contribution in [3.05, 3.63) is 47.3 Å². The van der Waals surface area contributed by atoms with Crippen molar-refractivity contribution in [2.24, 2.45) is 5.92 Å². The first-order valence-corrected chi connectivity index (χ1v) is 6.37. The van der Waals surface area contributed by atoms with E-state index in [9.17, 15) is 9.50 Å². The quantitative estimate of drug-likeness (QED) is 0.899. The standard InChI is InChI=1S/C14H18FN3O/c1-10(2)8-18-13(16-17-14(18)9-19)7-11-5-3-4-6-12(11)15/h3-6,10,19H,7-9H2,1-2H3. The fourth-order valence-electron chi connectivity index (χ4n) is 2.01. The summed E-state index contributed by atoms with van der Waals surface area (Å²) in [5.74, 6) is 1.37. The fourth-order valence-corrected chi connectivity index (χ4v) is 2.01. The van der Waals surface area contributed by atoms with E-state index in [0.717, 1.165) is 0 Å². The van der Waals surface area contributed by atoms with Crippen LogP contribution in [-0.2, 0) is 19.6 Å². The zero-order chi connectivity index (χ0) is 13.8. The lowest BCUT2D eigenvalue weighted by molar-refractivity contribution is 0.261. The van der Waals surface area contributed by atoms with Gasteiger partial charge in [-0.25, -0.2) is 4.39 Å². The Bertz CT molecular complexity index is 551. The van der Waals surface area contributed by atoms with Crippen molar-refractivity contribution in [1.82, 2.24) is 14.8 Å². The van der Waals surface area contributed by atoms with Gasteiger partial charge in [0.25, 0.3) is 0 Å². The molecule has 2 rings (SSSR count). The molecule has 0 saturated carbocycles. The number of aliphatic hydroxyl groups is 1. The summed E-state index contributed by atoms with van der Waals surface area (Å²) in [4.78, 5) is 0. The lowest BCUT2D eigenvalue weighted by Gasteiger charge is -2.12. The van der Waals surface area contributed by atoms with Crippen LogP contribution in [0.15, 0.2) is 24.3 Å². The molecule has 19 heavy (non-hydrogen) atoms. The van der Waals surface area contributed by atoms with Crippen LogP contribution in [0, 0.1) is 11.7 Å². The third-order valence-electron chi connectivity index (χ3n) is 2.90. The number of aromatic nitrogens is 3. The highest BCUT2D eigenvalue weighted by Crippen LogP contribution is 2.14. The van der Waals surface area contributed by atoms with Crippen molar-refractivity contribution < 1.29 is 9.50 Å². The summed E-state index contributed by atoms with van der Waals surface area (Å²) in [6.07, 6.45) is 0.381. The smallest absolute Gasteiger partial charge is 0.158 e. The third-order valence-corrected chi connectivity index (χ3v) is 2.90. The van der Waals surface area contributed by atoms with Crippen molar-refractivity contribution in [1.29, 1.82) is 0 Å². The number of halogens is 1. The zero-order valence-corrected chi connectivity index (χ0v) is 11.2. The molecule has 0 unspecified atom stereocenters. The molecule has 0 radical (unpaired) electrons. The Hall–Kier alpha value is -1.75. The average molecular weight is 263 g/mol. The molecule has 1 aromatic carbocycles. The second-order valence-electron chi connectivity index (χ2n) is 4.96. The highest BCUT2D eigenvalue weighted by atomic mass is 19.1. The Morgan fingerprint density at radius 2 is 1.89 bits per heavy atom. The van der Waals surface area contributed by atoms with Gasteiger partial charge in [0.15, 0.2) is 5.82 Å². The van der Waals surface area contributed by atoms with Gasteiger partial charge in [0, 0.05) is 13.0 Å². The number of benzene rings is 1. The molecule has 4 nitrogen and oxygen atoms in total. The lowest BCUT2D eigenvalue weighted by Crippen LogP contribution is -2.12. The van der Waals surface area contributed by atoms with Crippen LogP contribution in [0.1, 0.15) is 31.1 Å². The molecular formula is C14H18FN3O. The average Bonchev–Trinajstić information content (AvgIpc) is 2.74. The first-order chi connectivity index (χ1) is 9.11. The molecule has 1 heterocycles. The minimum Gasteiger partial charge on any atom is -0.388 e. The second-order valence-corrected chi connectivity index (χ2v) is 4.96. The van der Waals surface area contributed by atoms with Gasteiger partial charge in [-0.05, 0) is 17.5 Å². The number of hydrogen-bond donors (Lipinski definition) is 1. The predicted octanol–water partition coefficient (Wildman–Crippen LogP) is 2.16. The van der Waals surface area contributed by atoms with Crippen LogP contribution in [0.3, 0.4) is 0 Å². The molecule has 1 N–H and O–H groups in total. The van der Waals surface area contributed by atoms with Crippen LogP contribution in [0.4, 0.5) is 4.39 Å². The maximum atomic E-state index is 13.7. The van der Waals surface area contributed by atoms with Crippen LogP contribution >= 0.6 is 0 Å². The predicted molar refractivity (Wildman–Crippen MR) is 70.0 cm³/mol. The highest BCUT2D eigenvalue weighted by molar-refractivity contribution is 5.21. The summed E-state index contributed by atoms with van der Waals surface area (Å²) in [7, 11) is 0. The molecular weight excluding hydrogens is 245 g/mol. The Morgan fingerprint density at radius 3 is 2.53 bits per heavy atom. The Labute approximate surface area is 111 Å². The Balaban J connectivity index is 2.30. The molecule has 0 aliphatic carbocycles. The molecule has 1 aromatic heterocycles. The van der Waals surface area contributed by atoms with E-state index in [2.05, 4.69) is 24.0 Å². The summed E-state index contributed by atoms with van der Waals surface area (Å²) < 4.78 is 15.5. The van der Waals surface area contributed by atoms with Crippen molar-refractivity contribution >= 4 is 0 Å². The van der Waals surface area contributed by atoms with Crippen LogP contribution in [0.25, 0.3) is 0 Å². The van der Waals surface area contributed by atoms with Gasteiger partial charge in [-0.2, -0.15) is 0 Å². The maximum Gasteiger partial charge on any atom is 0.158 e. The minimum absolute atomic E-state index is 0.156. The maximum absolute atomic E-state index is 13.7. The molecule has 0 aliphatic rings. The van der Waals surface area contributed by atoms with E-state index in [0.29, 0.717) is 36.1 Å². The largest absolute Gasteiger partial charge is 0.388 e. The van der Waals surface area contributed by atoms with E-state index >= 15 is 0 Å². The summed E-state index contributed by atoms with van der Waals surface area (Å²) >= 11 is 0. The lowest BCUT2D eigenvalue weighted by atomic mass is 10.1. The van der Waals surface area contributed by atoms with Crippen LogP contribution < -0.4 is 0 Å². The first-order valence-electron chi connectivity index (χ1n) is 6.37. The minimum atomic E-state index is -0.243. The Kier molecular flexibility index (Phi) is 4.27. The number of rotatable bonds is 5. The van der Waals surface area contributed by atoms with E-state index in [1.165, 1.54) is 6.07 Å². The molecule has 0 atom stereocenters. The van der Waals surface area contributed by atoms with Crippen LogP contribution in [-0.4, -0.2) is 19.9 Å². The van der Waals surface area contributed by atoms with Crippen LogP contribution in [0.5, 0.6) is 0 Å². The van der Waals surface area contributed by atoms with Crippen molar-refractivity contribution in [2.45, 2.75) is 33.4 Å². The fraction of sp³-hybridized carbons (Fsp3) is 0.429. The van der Waals surface area contributed by atoms with Gasteiger partial charge < -0.3 is 9.67 Å². The van der Waals surface area contributed by atoms with Gasteiger partial charge in [0.2, 0.25) is 0 Å². The van der Waals surface area contributed by atoms with Crippen molar-refractivity contribution in [2.75, 3.05) is 0 Å². The highest BCUT2D eigenvalue weighted by Gasteiger charge is 2.14. The van der Waals surface area contributed by atoms with E-state index in [4.69, 9.17) is 0 Å². The summed E-state index contributed by atoms with van der Waals surface area (Å²) in [5, 5.41) is 17.3. The van der Waals surface area contributed by atoms with E-state index in [-0.39, 0.29) is 12.4 Å². The molecule has 0 aliphatic heterocycles.